The number of hydrogen-bond acceptors (Lipinski definition) is 3. The summed E-state index contributed by atoms with van der Waals surface area (Å²) >= 11 is 0. The van der Waals surface area contributed by atoms with Crippen LogP contribution >= 0.6 is 0 Å². The minimum absolute atomic E-state index is 0.510. The number of aromatic nitrogens is 4. The van der Waals surface area contributed by atoms with E-state index >= 15 is 0 Å². The Morgan fingerprint density at radius 1 is 0.429 bits per heavy atom. The Balaban J connectivity index is 1.37. The Labute approximate surface area is 325 Å². The molecule has 0 spiro atoms. The smallest absolute Gasteiger partial charge is 0.161 e. The summed E-state index contributed by atoms with van der Waals surface area (Å²) in [7, 11) is 0. The van der Waals surface area contributed by atoms with Crippen LogP contribution in [0, 0.1) is 39.0 Å². The van der Waals surface area contributed by atoms with Gasteiger partial charge in [-0.3, -0.25) is 0 Å². The van der Waals surface area contributed by atoms with E-state index in [1.54, 1.807) is 0 Å². The number of hydrogen-bond donors (Lipinski definition) is 0. The van der Waals surface area contributed by atoms with Crippen LogP contribution in [0.15, 0.2) is 152 Å². The molecular formula is C51H37N5. The van der Waals surface area contributed by atoms with Crippen LogP contribution in [0.5, 0.6) is 0 Å². The molecule has 3 heterocycles. The second-order valence-corrected chi connectivity index (χ2v) is 14.9. The van der Waals surface area contributed by atoms with Gasteiger partial charge in [-0.1, -0.05) is 120 Å². The van der Waals surface area contributed by atoms with Gasteiger partial charge in [-0.15, -0.1) is 0 Å². The van der Waals surface area contributed by atoms with Crippen molar-refractivity contribution in [3.63, 3.8) is 0 Å². The Hall–Kier alpha value is -7.29. The van der Waals surface area contributed by atoms with E-state index in [1.807, 2.05) is 26.0 Å². The van der Waals surface area contributed by atoms with Crippen molar-refractivity contribution in [3.8, 4) is 51.1 Å². The number of aryl methyl sites for hydroxylation is 4. The molecule has 5 heteroatoms. The largest absolute Gasteiger partial charge is 0.307 e. The van der Waals surface area contributed by atoms with E-state index in [1.165, 1.54) is 16.7 Å². The van der Waals surface area contributed by atoms with Gasteiger partial charge in [0.2, 0.25) is 0 Å². The highest BCUT2D eigenvalue weighted by atomic mass is 15.1. The van der Waals surface area contributed by atoms with Gasteiger partial charge in [-0.05, 0) is 92.4 Å². The summed E-state index contributed by atoms with van der Waals surface area (Å²) in [4.78, 5) is 9.78. The number of fused-ring (bicyclic) bond motifs is 6. The summed E-state index contributed by atoms with van der Waals surface area (Å²) in [6, 6.07) is 56.7. The fourth-order valence-electron chi connectivity index (χ4n) is 8.53. The van der Waals surface area contributed by atoms with Crippen molar-refractivity contribution in [2.45, 2.75) is 27.7 Å². The van der Waals surface area contributed by atoms with Gasteiger partial charge in [0.05, 0.1) is 45.1 Å². The molecule has 0 bridgehead atoms. The third-order valence-corrected chi connectivity index (χ3v) is 11.0. The molecule has 0 aliphatic rings. The fraction of sp³-hybridized carbons (Fsp3) is 0.0784. The normalized spacial score (nSPS) is 11.6. The minimum Gasteiger partial charge on any atom is -0.307 e. The Bertz CT molecular complexity index is 3240. The predicted octanol–water partition coefficient (Wildman–Crippen LogP) is 12.8. The number of benzene rings is 7. The molecule has 10 aromatic rings. The zero-order valence-electron chi connectivity index (χ0n) is 31.7. The van der Waals surface area contributed by atoms with Crippen LogP contribution < -0.4 is 0 Å². The van der Waals surface area contributed by atoms with Gasteiger partial charge >= 0.3 is 0 Å². The molecule has 56 heavy (non-hydrogen) atoms. The molecule has 0 atom stereocenters. The molecule has 0 unspecified atom stereocenters. The zero-order valence-corrected chi connectivity index (χ0v) is 31.7. The predicted molar refractivity (Wildman–Crippen MR) is 231 cm³/mol. The van der Waals surface area contributed by atoms with E-state index < -0.39 is 0 Å². The molecule has 0 saturated carbocycles. The van der Waals surface area contributed by atoms with Crippen LogP contribution in [-0.2, 0) is 0 Å². The first-order chi connectivity index (χ1) is 27.3. The van der Waals surface area contributed by atoms with Crippen molar-refractivity contribution < 1.29 is 0 Å². The quantitative estimate of drug-likeness (QED) is 0.178. The highest BCUT2D eigenvalue weighted by Gasteiger charge is 2.24. The SMILES string of the molecule is Cc1cccc(-c2ccc3c4ccccc4n(-c4cc(C#N)c(-c5nc(C)cc(C)n5)cc4-n4c5ccccc5c5ccc(-c6cccc(C)c6)cc54)c3c2)c1. The molecule has 5 nitrogen and oxygen atoms in total. The molecule has 266 valence electrons. The molecule has 0 amide bonds. The van der Waals surface area contributed by atoms with Gasteiger partial charge in [0.15, 0.2) is 5.82 Å². The third-order valence-electron chi connectivity index (χ3n) is 11.0. The Kier molecular flexibility index (Phi) is 7.69. The first-order valence-electron chi connectivity index (χ1n) is 19.0. The summed E-state index contributed by atoms with van der Waals surface area (Å²) in [5.74, 6) is 0.539. The Morgan fingerprint density at radius 2 is 0.893 bits per heavy atom. The summed E-state index contributed by atoms with van der Waals surface area (Å²) in [5, 5.41) is 15.5. The average Bonchev–Trinajstić information content (AvgIpc) is 3.72. The molecule has 0 aliphatic carbocycles. The number of rotatable bonds is 5. The zero-order chi connectivity index (χ0) is 38.1. The lowest BCUT2D eigenvalue weighted by molar-refractivity contribution is 1.05. The first-order valence-corrected chi connectivity index (χ1v) is 19.0. The lowest BCUT2D eigenvalue weighted by Crippen LogP contribution is -2.06. The van der Waals surface area contributed by atoms with E-state index in [0.29, 0.717) is 17.0 Å². The molecule has 7 aromatic carbocycles. The van der Waals surface area contributed by atoms with Crippen LogP contribution in [0.1, 0.15) is 28.1 Å². The maximum Gasteiger partial charge on any atom is 0.161 e. The van der Waals surface area contributed by atoms with Crippen LogP contribution in [0.2, 0.25) is 0 Å². The summed E-state index contributed by atoms with van der Waals surface area (Å²) < 4.78 is 4.72. The summed E-state index contributed by atoms with van der Waals surface area (Å²) in [6.07, 6.45) is 0. The second-order valence-electron chi connectivity index (χ2n) is 14.9. The third kappa shape index (κ3) is 5.38. The molecule has 0 fully saturated rings. The lowest BCUT2D eigenvalue weighted by Gasteiger charge is -2.19. The van der Waals surface area contributed by atoms with E-state index in [2.05, 4.69) is 169 Å². The topological polar surface area (TPSA) is 59.4 Å². The van der Waals surface area contributed by atoms with E-state index in [4.69, 9.17) is 9.97 Å². The number of para-hydroxylation sites is 2. The van der Waals surface area contributed by atoms with Crippen molar-refractivity contribution >= 4 is 43.6 Å². The highest BCUT2D eigenvalue weighted by Crippen LogP contribution is 2.42. The molecule has 10 rings (SSSR count). The fourth-order valence-corrected chi connectivity index (χ4v) is 8.53. The molecule has 3 aromatic heterocycles. The summed E-state index contributed by atoms with van der Waals surface area (Å²) in [6.45, 7) is 8.22. The summed E-state index contributed by atoms with van der Waals surface area (Å²) in [5.41, 5.74) is 16.0. The first kappa shape index (κ1) is 33.3. The number of nitriles is 1. The van der Waals surface area contributed by atoms with Crippen molar-refractivity contribution in [1.82, 2.24) is 19.1 Å². The Morgan fingerprint density at radius 3 is 1.39 bits per heavy atom. The van der Waals surface area contributed by atoms with Crippen LogP contribution in [-0.4, -0.2) is 19.1 Å². The van der Waals surface area contributed by atoms with E-state index in [0.717, 1.165) is 83.1 Å². The van der Waals surface area contributed by atoms with E-state index in [-0.39, 0.29) is 0 Å². The maximum absolute atomic E-state index is 10.9. The highest BCUT2D eigenvalue weighted by molar-refractivity contribution is 6.12. The molecule has 0 aliphatic heterocycles. The number of nitrogens with zero attached hydrogens (tertiary/aromatic N) is 5. The molecule has 0 N–H and O–H groups in total. The van der Waals surface area contributed by atoms with Crippen LogP contribution in [0.25, 0.3) is 88.6 Å². The second kappa shape index (κ2) is 12.9. The van der Waals surface area contributed by atoms with Crippen molar-refractivity contribution in [1.29, 1.82) is 5.26 Å². The van der Waals surface area contributed by atoms with Gasteiger partial charge in [0, 0.05) is 38.5 Å². The van der Waals surface area contributed by atoms with Crippen LogP contribution in [0.3, 0.4) is 0 Å². The van der Waals surface area contributed by atoms with Gasteiger partial charge in [-0.2, -0.15) is 5.26 Å². The average molecular weight is 720 g/mol. The van der Waals surface area contributed by atoms with Crippen molar-refractivity contribution in [2.24, 2.45) is 0 Å². The van der Waals surface area contributed by atoms with Gasteiger partial charge in [-0.25, -0.2) is 9.97 Å². The van der Waals surface area contributed by atoms with Crippen molar-refractivity contribution in [3.05, 3.63) is 180 Å². The van der Waals surface area contributed by atoms with Gasteiger partial charge in [0.1, 0.15) is 0 Å². The minimum atomic E-state index is 0.510. The lowest BCUT2D eigenvalue weighted by atomic mass is 10.0. The molecule has 0 saturated heterocycles. The maximum atomic E-state index is 10.9. The molecule has 0 radical (unpaired) electrons. The van der Waals surface area contributed by atoms with Gasteiger partial charge in [0.25, 0.3) is 0 Å². The standard InChI is InChI=1S/C51H37N5/c1-31-11-9-13-35(23-31)37-19-21-42-40-15-5-7-17-45(40)55(47(42)26-37)49-28-39(30-52)44(51-53-33(3)25-34(4)54-51)29-50(49)56-46-18-8-6-16-41(46)43-22-20-38(27-48(43)56)36-14-10-12-32(2)24-36/h5-29H,1-4H3. The van der Waals surface area contributed by atoms with Crippen molar-refractivity contribution in [2.75, 3.05) is 0 Å². The van der Waals surface area contributed by atoms with Gasteiger partial charge < -0.3 is 9.13 Å². The monoisotopic (exact) mass is 719 g/mol. The van der Waals surface area contributed by atoms with E-state index in [9.17, 15) is 5.26 Å². The van der Waals surface area contributed by atoms with Crippen LogP contribution in [0.4, 0.5) is 0 Å². The molecular weight excluding hydrogens is 683 g/mol.